The van der Waals surface area contributed by atoms with Gasteiger partial charge in [0.15, 0.2) is 0 Å². The minimum absolute atomic E-state index is 0.120. The van der Waals surface area contributed by atoms with E-state index in [-0.39, 0.29) is 17.5 Å². The molecule has 1 fully saturated rings. The molecule has 5 heteroatoms. The monoisotopic (exact) mass is 476 g/mol. The van der Waals surface area contributed by atoms with Crippen molar-refractivity contribution in [3.05, 3.63) is 107 Å². The molecule has 3 heterocycles. The summed E-state index contributed by atoms with van der Waals surface area (Å²) in [6.45, 7) is 3.31. The maximum Gasteiger partial charge on any atom is 0.283 e. The molecule has 1 saturated heterocycles. The van der Waals surface area contributed by atoms with Crippen LogP contribution in [0.4, 0.5) is 0 Å². The summed E-state index contributed by atoms with van der Waals surface area (Å²) in [6.07, 6.45) is 12.9. The Morgan fingerprint density at radius 3 is 2.64 bits per heavy atom. The second-order valence-electron chi connectivity index (χ2n) is 9.60. The highest BCUT2D eigenvalue weighted by molar-refractivity contribution is 5.80. The van der Waals surface area contributed by atoms with Gasteiger partial charge in [-0.05, 0) is 47.9 Å². The van der Waals surface area contributed by atoms with E-state index in [2.05, 4.69) is 66.5 Å². The molecule has 0 saturated carbocycles. The number of aliphatic imine (C=N–C) groups is 1. The van der Waals surface area contributed by atoms with Crippen molar-refractivity contribution in [2.75, 3.05) is 19.8 Å². The summed E-state index contributed by atoms with van der Waals surface area (Å²) in [6, 6.07) is 17.0. The van der Waals surface area contributed by atoms with Gasteiger partial charge in [-0.3, -0.25) is 0 Å². The normalized spacial score (nSPS) is 27.5. The van der Waals surface area contributed by atoms with Gasteiger partial charge in [-0.1, -0.05) is 66.6 Å². The molecule has 0 bridgehead atoms. The first kappa shape index (κ1) is 22.5. The van der Waals surface area contributed by atoms with E-state index in [1.165, 1.54) is 5.56 Å². The molecule has 0 radical (unpaired) electrons. The topological polar surface area (TPSA) is 66.1 Å². The van der Waals surface area contributed by atoms with E-state index in [0.717, 1.165) is 34.4 Å². The first-order chi connectivity index (χ1) is 17.6. The molecular formula is C31H28N2O3. The maximum atomic E-state index is 6.73. The van der Waals surface area contributed by atoms with Gasteiger partial charge in [0, 0.05) is 17.6 Å². The Morgan fingerprint density at radius 1 is 1.06 bits per heavy atom. The fraction of sp³-hybridized carbons (Fsp3) is 0.258. The van der Waals surface area contributed by atoms with Gasteiger partial charge in [0.05, 0.1) is 18.6 Å². The van der Waals surface area contributed by atoms with Crippen LogP contribution in [0.3, 0.4) is 0 Å². The van der Waals surface area contributed by atoms with Gasteiger partial charge in [-0.2, -0.15) is 0 Å². The maximum absolute atomic E-state index is 6.73. The van der Waals surface area contributed by atoms with E-state index >= 15 is 0 Å². The van der Waals surface area contributed by atoms with E-state index in [4.69, 9.17) is 24.9 Å². The number of nitrogens with two attached hydrogens (primary N) is 1. The first-order valence-corrected chi connectivity index (χ1v) is 12.2. The van der Waals surface area contributed by atoms with E-state index in [0.29, 0.717) is 19.8 Å². The fourth-order valence-electron chi connectivity index (χ4n) is 5.62. The summed E-state index contributed by atoms with van der Waals surface area (Å²) >= 11 is 0. The lowest BCUT2D eigenvalue weighted by molar-refractivity contribution is -0.215. The average molecular weight is 477 g/mol. The largest absolute Gasteiger partial charge is 0.489 e. The Kier molecular flexibility index (Phi) is 5.55. The third kappa shape index (κ3) is 3.57. The zero-order chi connectivity index (χ0) is 24.6. The summed E-state index contributed by atoms with van der Waals surface area (Å²) in [5.74, 6) is 7.00. The molecule has 180 valence electrons. The van der Waals surface area contributed by atoms with Gasteiger partial charge in [0.1, 0.15) is 24.0 Å². The third-order valence-corrected chi connectivity index (χ3v) is 7.53. The smallest absolute Gasteiger partial charge is 0.283 e. The third-order valence-electron chi connectivity index (χ3n) is 7.53. The number of nitrogens with zero attached hydrogens (tertiary/aromatic N) is 1. The van der Waals surface area contributed by atoms with Gasteiger partial charge in [0.25, 0.3) is 6.02 Å². The average Bonchev–Trinajstić information content (AvgIpc) is 3.22. The molecule has 2 aromatic rings. The van der Waals surface area contributed by atoms with Crippen LogP contribution in [0.5, 0.6) is 5.75 Å². The van der Waals surface area contributed by atoms with Crippen LogP contribution in [0.25, 0.3) is 5.57 Å². The van der Waals surface area contributed by atoms with Crippen LogP contribution in [-0.2, 0) is 21.4 Å². The van der Waals surface area contributed by atoms with Crippen molar-refractivity contribution in [2.24, 2.45) is 16.1 Å². The second kappa shape index (κ2) is 8.89. The molecule has 3 aliphatic heterocycles. The molecule has 0 amide bonds. The molecule has 2 aromatic carbocycles. The molecule has 0 aromatic heterocycles. The Morgan fingerprint density at radius 2 is 1.92 bits per heavy atom. The van der Waals surface area contributed by atoms with Gasteiger partial charge in [-0.25, -0.2) is 4.99 Å². The summed E-state index contributed by atoms with van der Waals surface area (Å²) in [7, 11) is 0. The number of rotatable bonds is 3. The molecule has 2 spiro atoms. The number of benzene rings is 2. The number of allylic oxidation sites excluding steroid dienone is 8. The van der Waals surface area contributed by atoms with Crippen molar-refractivity contribution in [3.8, 4) is 17.6 Å². The Balaban J connectivity index is 1.48. The van der Waals surface area contributed by atoms with Crippen LogP contribution in [-0.4, -0.2) is 31.9 Å². The lowest BCUT2D eigenvalue weighted by Crippen LogP contribution is -2.68. The van der Waals surface area contributed by atoms with Crippen molar-refractivity contribution in [1.82, 2.24) is 0 Å². The predicted octanol–water partition coefficient (Wildman–Crippen LogP) is 4.71. The molecule has 1 aliphatic carbocycles. The Bertz CT molecular complexity index is 1400. The molecule has 4 aliphatic rings. The molecule has 5 nitrogen and oxygen atoms in total. The first-order valence-electron chi connectivity index (χ1n) is 12.2. The molecule has 6 rings (SSSR count). The van der Waals surface area contributed by atoms with Gasteiger partial charge >= 0.3 is 0 Å². The van der Waals surface area contributed by atoms with Gasteiger partial charge < -0.3 is 19.9 Å². The molecule has 2 unspecified atom stereocenters. The van der Waals surface area contributed by atoms with E-state index < -0.39 is 5.54 Å². The van der Waals surface area contributed by atoms with Crippen LogP contribution in [0.2, 0.25) is 0 Å². The second-order valence-corrected chi connectivity index (χ2v) is 9.60. The number of ether oxygens (including phenoxy) is 3. The SMILES string of the molecule is CC#CC1=C/C(c2ccc3c(c2)C2(COC(N)=N2)C2(COC2)C(Cc2ccccc2)O3)=C\C=C\C=C1. The number of hydrogen-bond donors (Lipinski definition) is 1. The van der Waals surface area contributed by atoms with Crippen LogP contribution in [0.1, 0.15) is 23.6 Å². The van der Waals surface area contributed by atoms with E-state index in [1.54, 1.807) is 0 Å². The number of fused-ring (bicyclic) bond motifs is 3. The lowest BCUT2D eigenvalue weighted by atomic mass is 9.59. The van der Waals surface area contributed by atoms with E-state index in [9.17, 15) is 0 Å². The Labute approximate surface area is 211 Å². The standard InChI is InChI=1S/C31H28N2O3/c1-2-9-22-10-7-4-8-13-24(16-22)25-14-15-27-26(18-25)31(21-35-29(32)33-31)30(19-34-20-30)28(36-27)17-23-11-5-3-6-12-23/h3-8,10-16,18,28H,17,19-21H2,1H3,(H2,32,33)/b7-4?,8-4+,10-7?,13-8?,22-10?,22-16?,24-13+,24-16?. The highest BCUT2D eigenvalue weighted by Crippen LogP contribution is 2.59. The molecule has 2 N–H and O–H groups in total. The highest BCUT2D eigenvalue weighted by Gasteiger charge is 2.67. The highest BCUT2D eigenvalue weighted by atomic mass is 16.5. The number of hydrogen-bond acceptors (Lipinski definition) is 5. The zero-order valence-electron chi connectivity index (χ0n) is 20.2. The summed E-state index contributed by atoms with van der Waals surface area (Å²) in [5, 5.41) is 0. The predicted molar refractivity (Wildman–Crippen MR) is 141 cm³/mol. The van der Waals surface area contributed by atoms with Crippen LogP contribution >= 0.6 is 0 Å². The zero-order valence-corrected chi connectivity index (χ0v) is 20.2. The quantitative estimate of drug-likeness (QED) is 0.652. The summed E-state index contributed by atoms with van der Waals surface area (Å²) in [5.41, 5.74) is 10.4. The minimum Gasteiger partial charge on any atom is -0.489 e. The minimum atomic E-state index is -0.675. The molecule has 36 heavy (non-hydrogen) atoms. The van der Waals surface area contributed by atoms with Crippen LogP contribution < -0.4 is 10.5 Å². The van der Waals surface area contributed by atoms with Crippen LogP contribution in [0, 0.1) is 17.3 Å². The van der Waals surface area contributed by atoms with Crippen molar-refractivity contribution in [1.29, 1.82) is 0 Å². The molecule has 2 atom stereocenters. The lowest BCUT2D eigenvalue weighted by Gasteiger charge is -2.57. The van der Waals surface area contributed by atoms with Crippen molar-refractivity contribution in [3.63, 3.8) is 0 Å². The summed E-state index contributed by atoms with van der Waals surface area (Å²) < 4.78 is 18.4. The van der Waals surface area contributed by atoms with Crippen molar-refractivity contribution in [2.45, 2.75) is 25.0 Å². The van der Waals surface area contributed by atoms with Crippen molar-refractivity contribution >= 4 is 11.6 Å². The number of amidine groups is 1. The fourth-order valence-corrected chi connectivity index (χ4v) is 5.62. The summed E-state index contributed by atoms with van der Waals surface area (Å²) in [4.78, 5) is 4.98. The van der Waals surface area contributed by atoms with E-state index in [1.807, 2.05) is 37.3 Å². The van der Waals surface area contributed by atoms with Crippen LogP contribution in [0.15, 0.2) is 95.6 Å². The molecular weight excluding hydrogens is 448 g/mol. The van der Waals surface area contributed by atoms with Gasteiger partial charge in [0.2, 0.25) is 0 Å². The van der Waals surface area contributed by atoms with Crippen molar-refractivity contribution < 1.29 is 14.2 Å². The van der Waals surface area contributed by atoms with Gasteiger partial charge in [-0.15, -0.1) is 5.92 Å². The Hall–Kier alpha value is -4.01.